The SMILES string of the molecule is O=C([O-])c1cc[n+](CCC[n+]2ccc(C(=O)[O-])cc2)cc1. The van der Waals surface area contributed by atoms with E-state index in [4.69, 9.17) is 0 Å². The summed E-state index contributed by atoms with van der Waals surface area (Å²) >= 11 is 0. The number of carboxylic acid groups (broad SMARTS) is 2. The van der Waals surface area contributed by atoms with Crippen molar-refractivity contribution in [3.05, 3.63) is 60.2 Å². The van der Waals surface area contributed by atoms with Crippen LogP contribution >= 0.6 is 0 Å². The van der Waals surface area contributed by atoms with Gasteiger partial charge in [0.25, 0.3) is 0 Å². The van der Waals surface area contributed by atoms with E-state index < -0.39 is 11.9 Å². The largest absolute Gasteiger partial charge is 0.545 e. The zero-order valence-corrected chi connectivity index (χ0v) is 11.3. The number of carboxylic acids is 2. The second-order valence-electron chi connectivity index (χ2n) is 4.58. The van der Waals surface area contributed by atoms with Gasteiger partial charge in [0.05, 0.1) is 18.4 Å². The number of nitrogens with zero attached hydrogens (tertiary/aromatic N) is 2. The molecule has 0 fully saturated rings. The zero-order chi connectivity index (χ0) is 15.2. The van der Waals surface area contributed by atoms with Gasteiger partial charge in [0.2, 0.25) is 0 Å². The van der Waals surface area contributed by atoms with Crippen molar-refractivity contribution in [2.45, 2.75) is 19.5 Å². The number of carbonyl (C=O) groups is 2. The lowest BCUT2D eigenvalue weighted by atomic mass is 10.2. The molecule has 0 aliphatic heterocycles. The topological polar surface area (TPSA) is 88.0 Å². The van der Waals surface area contributed by atoms with Gasteiger partial charge in [-0.3, -0.25) is 0 Å². The Morgan fingerprint density at radius 1 is 0.762 bits per heavy atom. The van der Waals surface area contributed by atoms with Crippen LogP contribution in [0.3, 0.4) is 0 Å². The number of hydrogen-bond donors (Lipinski definition) is 0. The second kappa shape index (κ2) is 6.60. The molecule has 0 spiro atoms. The standard InChI is InChI=1S/C15H14N2O4/c18-14(19)12-2-8-16(9-3-12)6-1-7-17-10-4-13(5-11-17)15(20)21/h2-5,8-11H,1,6-7H2. The number of aryl methyl sites for hydroxylation is 2. The lowest BCUT2D eigenvalue weighted by molar-refractivity contribution is -0.727. The van der Waals surface area contributed by atoms with E-state index in [0.717, 1.165) is 19.5 Å². The Bertz CT molecular complexity index is 578. The van der Waals surface area contributed by atoms with Crippen LogP contribution in [-0.4, -0.2) is 11.9 Å². The number of rotatable bonds is 6. The molecule has 6 heteroatoms. The summed E-state index contributed by atoms with van der Waals surface area (Å²) in [6, 6.07) is 5.99. The molecule has 108 valence electrons. The van der Waals surface area contributed by atoms with Crippen LogP contribution in [0.4, 0.5) is 0 Å². The number of carbonyl (C=O) groups excluding carboxylic acids is 2. The van der Waals surface area contributed by atoms with Crippen LogP contribution in [0.5, 0.6) is 0 Å². The first kappa shape index (κ1) is 14.6. The minimum atomic E-state index is -1.19. The van der Waals surface area contributed by atoms with Crippen molar-refractivity contribution in [3.8, 4) is 0 Å². The molecule has 0 radical (unpaired) electrons. The summed E-state index contributed by atoms with van der Waals surface area (Å²) < 4.78 is 3.76. The average Bonchev–Trinajstić information content (AvgIpc) is 2.48. The minimum absolute atomic E-state index is 0.151. The summed E-state index contributed by atoms with van der Waals surface area (Å²) in [4.78, 5) is 21.2. The molecule has 0 aliphatic rings. The maximum atomic E-state index is 10.6. The van der Waals surface area contributed by atoms with Crippen molar-refractivity contribution in [3.63, 3.8) is 0 Å². The molecule has 2 rings (SSSR count). The van der Waals surface area contributed by atoms with Crippen LogP contribution in [0.1, 0.15) is 27.1 Å². The molecular formula is C15H14N2O4. The van der Waals surface area contributed by atoms with Crippen molar-refractivity contribution in [1.29, 1.82) is 0 Å². The highest BCUT2D eigenvalue weighted by Crippen LogP contribution is 1.94. The second-order valence-corrected chi connectivity index (χ2v) is 4.58. The van der Waals surface area contributed by atoms with Gasteiger partial charge in [-0.05, 0) is 0 Å². The lowest BCUT2D eigenvalue weighted by Gasteiger charge is -2.01. The van der Waals surface area contributed by atoms with Crippen molar-refractivity contribution in [2.24, 2.45) is 0 Å². The smallest absolute Gasteiger partial charge is 0.169 e. The highest BCUT2D eigenvalue weighted by Gasteiger charge is 2.05. The third-order valence-corrected chi connectivity index (χ3v) is 3.09. The van der Waals surface area contributed by atoms with Crippen LogP contribution < -0.4 is 19.3 Å². The summed E-state index contributed by atoms with van der Waals surface area (Å²) in [5.74, 6) is -2.38. The first-order valence-corrected chi connectivity index (χ1v) is 6.47. The number of aromatic nitrogens is 2. The molecule has 0 N–H and O–H groups in total. The van der Waals surface area contributed by atoms with Crippen LogP contribution in [0.2, 0.25) is 0 Å². The van der Waals surface area contributed by atoms with Crippen LogP contribution in [0.15, 0.2) is 49.1 Å². The van der Waals surface area contributed by atoms with Gasteiger partial charge in [0, 0.05) is 35.4 Å². The van der Waals surface area contributed by atoms with Gasteiger partial charge in [0.15, 0.2) is 37.9 Å². The van der Waals surface area contributed by atoms with Gasteiger partial charge in [-0.25, -0.2) is 9.13 Å². The molecule has 0 unspecified atom stereocenters. The summed E-state index contributed by atoms with van der Waals surface area (Å²) in [6.45, 7) is 1.45. The first-order chi connectivity index (χ1) is 10.1. The quantitative estimate of drug-likeness (QED) is 0.579. The molecule has 0 saturated heterocycles. The van der Waals surface area contributed by atoms with Crippen LogP contribution in [0.25, 0.3) is 0 Å². The van der Waals surface area contributed by atoms with E-state index in [0.29, 0.717) is 0 Å². The lowest BCUT2D eigenvalue weighted by Crippen LogP contribution is -2.39. The van der Waals surface area contributed by atoms with E-state index in [9.17, 15) is 19.8 Å². The van der Waals surface area contributed by atoms with Gasteiger partial charge in [-0.2, -0.15) is 0 Å². The zero-order valence-electron chi connectivity index (χ0n) is 11.3. The van der Waals surface area contributed by atoms with Crippen molar-refractivity contribution >= 4 is 11.9 Å². The Morgan fingerprint density at radius 2 is 1.10 bits per heavy atom. The van der Waals surface area contributed by atoms with E-state index in [1.165, 1.54) is 24.3 Å². The third-order valence-electron chi connectivity index (χ3n) is 3.09. The molecule has 2 aromatic rings. The van der Waals surface area contributed by atoms with Gasteiger partial charge >= 0.3 is 0 Å². The Kier molecular flexibility index (Phi) is 4.61. The molecule has 6 nitrogen and oxygen atoms in total. The molecule has 0 atom stereocenters. The Morgan fingerprint density at radius 3 is 1.38 bits per heavy atom. The first-order valence-electron chi connectivity index (χ1n) is 6.47. The van der Waals surface area contributed by atoms with Crippen LogP contribution in [0, 0.1) is 0 Å². The highest BCUT2D eigenvalue weighted by molar-refractivity contribution is 5.85. The maximum Gasteiger partial charge on any atom is 0.169 e. The molecule has 0 saturated carbocycles. The van der Waals surface area contributed by atoms with Gasteiger partial charge in [-0.1, -0.05) is 0 Å². The molecule has 0 bridgehead atoms. The molecule has 0 aromatic carbocycles. The maximum absolute atomic E-state index is 10.6. The monoisotopic (exact) mass is 286 g/mol. The minimum Gasteiger partial charge on any atom is -0.545 e. The highest BCUT2D eigenvalue weighted by atomic mass is 16.4. The molecule has 0 aliphatic carbocycles. The Labute approximate surface area is 121 Å². The van der Waals surface area contributed by atoms with E-state index >= 15 is 0 Å². The third kappa shape index (κ3) is 4.10. The van der Waals surface area contributed by atoms with Crippen molar-refractivity contribution < 1.29 is 28.9 Å². The molecule has 2 heterocycles. The fraction of sp³-hybridized carbons (Fsp3) is 0.200. The fourth-order valence-electron chi connectivity index (χ4n) is 1.92. The normalized spacial score (nSPS) is 10.3. The molecule has 0 amide bonds. The van der Waals surface area contributed by atoms with E-state index in [1.54, 1.807) is 24.8 Å². The Balaban J connectivity index is 1.86. The van der Waals surface area contributed by atoms with E-state index in [1.807, 2.05) is 9.13 Å². The summed E-state index contributed by atoms with van der Waals surface area (Å²) in [5, 5.41) is 21.2. The number of pyridine rings is 2. The van der Waals surface area contributed by atoms with E-state index in [-0.39, 0.29) is 11.1 Å². The number of aromatic carboxylic acids is 2. The molecular weight excluding hydrogens is 272 g/mol. The molecule has 21 heavy (non-hydrogen) atoms. The summed E-state index contributed by atoms with van der Waals surface area (Å²) in [6.07, 6.45) is 7.58. The van der Waals surface area contributed by atoms with E-state index in [2.05, 4.69) is 0 Å². The summed E-state index contributed by atoms with van der Waals surface area (Å²) in [5.41, 5.74) is 0.303. The van der Waals surface area contributed by atoms with Crippen LogP contribution in [-0.2, 0) is 13.1 Å². The van der Waals surface area contributed by atoms with Gasteiger partial charge < -0.3 is 19.8 Å². The molecule has 2 aromatic heterocycles. The predicted molar refractivity (Wildman–Crippen MR) is 66.6 cm³/mol. The van der Waals surface area contributed by atoms with Crippen molar-refractivity contribution in [2.75, 3.05) is 0 Å². The van der Waals surface area contributed by atoms with Gasteiger partial charge in [0.1, 0.15) is 0 Å². The fourth-order valence-corrected chi connectivity index (χ4v) is 1.92. The number of hydrogen-bond acceptors (Lipinski definition) is 4. The average molecular weight is 286 g/mol. The van der Waals surface area contributed by atoms with Crippen molar-refractivity contribution in [1.82, 2.24) is 0 Å². The predicted octanol–water partition coefficient (Wildman–Crippen LogP) is -1.92. The summed E-state index contributed by atoms with van der Waals surface area (Å²) in [7, 11) is 0. The van der Waals surface area contributed by atoms with Gasteiger partial charge in [-0.15, -0.1) is 0 Å². The Hall–Kier alpha value is -2.76.